The summed E-state index contributed by atoms with van der Waals surface area (Å²) in [6.45, 7) is 6.69. The average Bonchev–Trinajstić information content (AvgIpc) is 2.75. The topological polar surface area (TPSA) is 50.1 Å². The van der Waals surface area contributed by atoms with E-state index < -0.39 is 0 Å². The Kier molecular flexibility index (Phi) is 6.89. The molecule has 0 bridgehead atoms. The lowest BCUT2D eigenvalue weighted by Gasteiger charge is -2.12. The summed E-state index contributed by atoms with van der Waals surface area (Å²) in [7, 11) is 0. The van der Waals surface area contributed by atoms with E-state index in [1.54, 1.807) is 10.9 Å². The number of aliphatic hydroxyl groups excluding tert-OH is 1. The number of hydrogen-bond donors (Lipinski definition) is 2. The minimum Gasteiger partial charge on any atom is -0.390 e. The molecule has 0 aliphatic heterocycles. The number of rotatable bonds is 9. The van der Waals surface area contributed by atoms with Gasteiger partial charge in [0.1, 0.15) is 0 Å². The molecule has 0 fully saturated rings. The third-order valence-electron chi connectivity index (χ3n) is 2.72. The summed E-state index contributed by atoms with van der Waals surface area (Å²) in [5.41, 5.74) is 0. The highest BCUT2D eigenvalue weighted by atomic mass is 16.3. The van der Waals surface area contributed by atoms with Crippen LogP contribution in [0.1, 0.15) is 33.1 Å². The zero-order chi connectivity index (χ0) is 12.5. The lowest BCUT2D eigenvalue weighted by Crippen LogP contribution is -2.31. The van der Waals surface area contributed by atoms with Crippen LogP contribution in [0.25, 0.3) is 0 Å². The van der Waals surface area contributed by atoms with Crippen molar-refractivity contribution in [3.05, 3.63) is 18.5 Å². The Balaban J connectivity index is 1.95. The molecule has 0 aliphatic carbocycles. The summed E-state index contributed by atoms with van der Waals surface area (Å²) in [5, 5.41) is 17.1. The Labute approximate surface area is 104 Å². The van der Waals surface area contributed by atoms with Gasteiger partial charge in [0.15, 0.2) is 0 Å². The van der Waals surface area contributed by atoms with E-state index in [2.05, 4.69) is 24.3 Å². The zero-order valence-electron chi connectivity index (χ0n) is 11.0. The predicted molar refractivity (Wildman–Crippen MR) is 69.8 cm³/mol. The standard InChI is InChI=1S/C13H25N3O/c1-12(2)6-3-4-7-14-10-13(17)11-16-9-5-8-15-16/h5,8-9,12-14,17H,3-4,6-7,10-11H2,1-2H3. The number of nitrogens with one attached hydrogen (secondary N) is 1. The van der Waals surface area contributed by atoms with Crippen LogP contribution in [0, 0.1) is 5.92 Å². The molecule has 1 aromatic heterocycles. The van der Waals surface area contributed by atoms with Gasteiger partial charge in [-0.25, -0.2) is 0 Å². The lowest BCUT2D eigenvalue weighted by molar-refractivity contribution is 0.147. The molecule has 0 amide bonds. The van der Waals surface area contributed by atoms with E-state index in [1.807, 2.05) is 12.3 Å². The van der Waals surface area contributed by atoms with Gasteiger partial charge in [0, 0.05) is 18.9 Å². The van der Waals surface area contributed by atoms with Gasteiger partial charge < -0.3 is 10.4 Å². The number of hydrogen-bond acceptors (Lipinski definition) is 3. The zero-order valence-corrected chi connectivity index (χ0v) is 11.0. The van der Waals surface area contributed by atoms with Gasteiger partial charge >= 0.3 is 0 Å². The Bertz CT molecular complexity index is 272. The van der Waals surface area contributed by atoms with Crippen molar-refractivity contribution in [1.82, 2.24) is 15.1 Å². The maximum atomic E-state index is 9.74. The first-order valence-corrected chi connectivity index (χ1v) is 6.54. The number of aliphatic hydroxyl groups is 1. The molecule has 0 aliphatic rings. The first-order valence-electron chi connectivity index (χ1n) is 6.54. The summed E-state index contributed by atoms with van der Waals surface area (Å²) >= 11 is 0. The highest BCUT2D eigenvalue weighted by Crippen LogP contribution is 2.04. The highest BCUT2D eigenvalue weighted by Gasteiger charge is 2.04. The Hall–Kier alpha value is -0.870. The van der Waals surface area contributed by atoms with Crippen LogP contribution in [-0.2, 0) is 6.54 Å². The monoisotopic (exact) mass is 239 g/mol. The second kappa shape index (κ2) is 8.25. The third kappa shape index (κ3) is 7.13. The van der Waals surface area contributed by atoms with E-state index in [-0.39, 0.29) is 6.10 Å². The van der Waals surface area contributed by atoms with Gasteiger partial charge in [-0.3, -0.25) is 4.68 Å². The van der Waals surface area contributed by atoms with Crippen molar-refractivity contribution in [2.45, 2.75) is 45.8 Å². The molecule has 1 heterocycles. The van der Waals surface area contributed by atoms with Crippen molar-refractivity contribution < 1.29 is 5.11 Å². The number of unbranched alkanes of at least 4 members (excludes halogenated alkanes) is 1. The normalized spacial score (nSPS) is 13.2. The molecule has 1 rings (SSSR count). The highest BCUT2D eigenvalue weighted by molar-refractivity contribution is 4.78. The minimum atomic E-state index is -0.361. The van der Waals surface area contributed by atoms with E-state index in [9.17, 15) is 5.11 Å². The smallest absolute Gasteiger partial charge is 0.0860 e. The first kappa shape index (κ1) is 14.2. The van der Waals surface area contributed by atoms with E-state index in [4.69, 9.17) is 0 Å². The van der Waals surface area contributed by atoms with Gasteiger partial charge in [0.25, 0.3) is 0 Å². The van der Waals surface area contributed by atoms with Crippen LogP contribution in [0.3, 0.4) is 0 Å². The molecule has 1 aromatic rings. The van der Waals surface area contributed by atoms with Crippen LogP contribution in [0.4, 0.5) is 0 Å². The van der Waals surface area contributed by atoms with E-state index >= 15 is 0 Å². The molecule has 0 saturated carbocycles. The second-order valence-corrected chi connectivity index (χ2v) is 4.98. The van der Waals surface area contributed by atoms with Crippen LogP contribution in [0.2, 0.25) is 0 Å². The van der Waals surface area contributed by atoms with E-state index in [0.29, 0.717) is 13.1 Å². The van der Waals surface area contributed by atoms with Crippen molar-refractivity contribution in [3.63, 3.8) is 0 Å². The third-order valence-corrected chi connectivity index (χ3v) is 2.72. The molecule has 98 valence electrons. The van der Waals surface area contributed by atoms with Gasteiger partial charge in [0.05, 0.1) is 12.6 Å². The maximum absolute atomic E-state index is 9.74. The van der Waals surface area contributed by atoms with Crippen LogP contribution in [0.5, 0.6) is 0 Å². The predicted octanol–water partition coefficient (Wildman–Crippen LogP) is 1.66. The van der Waals surface area contributed by atoms with Gasteiger partial charge in [-0.2, -0.15) is 5.10 Å². The molecule has 17 heavy (non-hydrogen) atoms. The van der Waals surface area contributed by atoms with Crippen LogP contribution in [0.15, 0.2) is 18.5 Å². The van der Waals surface area contributed by atoms with Crippen LogP contribution in [-0.4, -0.2) is 34.1 Å². The molecule has 1 unspecified atom stereocenters. The second-order valence-electron chi connectivity index (χ2n) is 4.98. The lowest BCUT2D eigenvalue weighted by atomic mass is 10.1. The van der Waals surface area contributed by atoms with E-state index in [1.165, 1.54) is 19.3 Å². The molecular formula is C13H25N3O. The Morgan fingerprint density at radius 2 is 2.18 bits per heavy atom. The van der Waals surface area contributed by atoms with Crippen molar-refractivity contribution >= 4 is 0 Å². The first-order chi connectivity index (χ1) is 8.18. The SMILES string of the molecule is CC(C)CCCCNCC(O)Cn1cccn1. The maximum Gasteiger partial charge on any atom is 0.0860 e. The van der Waals surface area contributed by atoms with Crippen molar-refractivity contribution in [3.8, 4) is 0 Å². The summed E-state index contributed by atoms with van der Waals surface area (Å²) in [4.78, 5) is 0. The molecule has 0 radical (unpaired) electrons. The quantitative estimate of drug-likeness (QED) is 0.644. The van der Waals surface area contributed by atoms with Crippen molar-refractivity contribution in [2.75, 3.05) is 13.1 Å². The fraction of sp³-hybridized carbons (Fsp3) is 0.769. The summed E-state index contributed by atoms with van der Waals surface area (Å²) in [6, 6.07) is 1.87. The van der Waals surface area contributed by atoms with Crippen LogP contribution >= 0.6 is 0 Å². The fourth-order valence-electron chi connectivity index (χ4n) is 1.76. The minimum absolute atomic E-state index is 0.361. The van der Waals surface area contributed by atoms with E-state index in [0.717, 1.165) is 12.5 Å². The van der Waals surface area contributed by atoms with Crippen molar-refractivity contribution in [2.24, 2.45) is 5.92 Å². The molecule has 0 saturated heterocycles. The van der Waals surface area contributed by atoms with Gasteiger partial charge in [-0.1, -0.05) is 26.7 Å². The summed E-state index contributed by atoms with van der Waals surface area (Å²) < 4.78 is 1.76. The van der Waals surface area contributed by atoms with Crippen LogP contribution < -0.4 is 5.32 Å². The molecular weight excluding hydrogens is 214 g/mol. The molecule has 0 aromatic carbocycles. The number of aromatic nitrogens is 2. The Morgan fingerprint density at radius 1 is 1.35 bits per heavy atom. The Morgan fingerprint density at radius 3 is 2.82 bits per heavy atom. The fourth-order valence-corrected chi connectivity index (χ4v) is 1.76. The average molecular weight is 239 g/mol. The molecule has 4 heteroatoms. The van der Waals surface area contributed by atoms with Gasteiger partial charge in [-0.15, -0.1) is 0 Å². The van der Waals surface area contributed by atoms with Gasteiger partial charge in [-0.05, 0) is 24.9 Å². The molecule has 4 nitrogen and oxygen atoms in total. The molecule has 2 N–H and O–H groups in total. The van der Waals surface area contributed by atoms with Crippen molar-refractivity contribution in [1.29, 1.82) is 0 Å². The number of nitrogens with zero attached hydrogens (tertiary/aromatic N) is 2. The van der Waals surface area contributed by atoms with Gasteiger partial charge in [0.2, 0.25) is 0 Å². The summed E-state index contributed by atoms with van der Waals surface area (Å²) in [6.07, 6.45) is 6.97. The summed E-state index contributed by atoms with van der Waals surface area (Å²) in [5.74, 6) is 0.792. The molecule has 1 atom stereocenters. The largest absolute Gasteiger partial charge is 0.390 e. The molecule has 0 spiro atoms.